The number of benzene rings is 1. The van der Waals surface area contributed by atoms with E-state index in [1.54, 1.807) is 11.8 Å². The lowest BCUT2D eigenvalue weighted by Crippen LogP contribution is -2.45. The lowest BCUT2D eigenvalue weighted by atomic mass is 9.74. The van der Waals surface area contributed by atoms with E-state index in [2.05, 4.69) is 78.7 Å². The second-order valence-electron chi connectivity index (χ2n) is 15.5. The molecule has 2 aliphatic heterocycles. The van der Waals surface area contributed by atoms with Gasteiger partial charge >= 0.3 is 0 Å². The minimum absolute atomic E-state index is 0.180. The van der Waals surface area contributed by atoms with E-state index >= 15 is 0 Å². The zero-order valence-electron chi connectivity index (χ0n) is 29.3. The molecule has 0 amide bonds. The minimum atomic E-state index is 0.180. The molecular formula is C42H50ClN5. The van der Waals surface area contributed by atoms with Crippen LogP contribution < -0.4 is 4.90 Å². The van der Waals surface area contributed by atoms with Crippen LogP contribution in [0.2, 0.25) is 5.02 Å². The maximum absolute atomic E-state index is 6.75. The van der Waals surface area contributed by atoms with E-state index in [-0.39, 0.29) is 5.41 Å². The summed E-state index contributed by atoms with van der Waals surface area (Å²) in [6.07, 6.45) is 15.8. The van der Waals surface area contributed by atoms with Crippen LogP contribution in [0.4, 0.5) is 5.82 Å². The molecule has 4 fully saturated rings. The highest BCUT2D eigenvalue weighted by Gasteiger charge is 2.66. The number of hydrogen-bond acceptors (Lipinski definition) is 5. The first kappa shape index (κ1) is 32.0. The first-order chi connectivity index (χ1) is 23.3. The number of anilines is 1. The topological polar surface area (TPSA) is 44.6 Å². The summed E-state index contributed by atoms with van der Waals surface area (Å²) in [5.74, 6) is 10.2. The Bertz CT molecular complexity index is 1850. The average Bonchev–Trinajstić information content (AvgIpc) is 4.01. The monoisotopic (exact) mass is 659 g/mol. The Labute approximate surface area is 292 Å². The molecule has 6 heteroatoms. The zero-order chi connectivity index (χ0) is 33.0. The third kappa shape index (κ3) is 5.77. The number of aliphatic imine (C=N–C) groups is 1. The van der Waals surface area contributed by atoms with Gasteiger partial charge in [-0.3, -0.25) is 9.98 Å². The smallest absolute Gasteiger partial charge is 0.136 e. The second kappa shape index (κ2) is 12.6. The highest BCUT2D eigenvalue weighted by molar-refractivity contribution is 6.35. The van der Waals surface area contributed by atoms with Crippen LogP contribution in [0.5, 0.6) is 0 Å². The molecule has 5 aliphatic rings. The van der Waals surface area contributed by atoms with Crippen molar-refractivity contribution in [2.45, 2.75) is 85.0 Å². The maximum atomic E-state index is 6.75. The fourth-order valence-electron chi connectivity index (χ4n) is 9.36. The van der Waals surface area contributed by atoms with Gasteiger partial charge in [0.1, 0.15) is 5.82 Å². The molecule has 0 spiro atoms. The fraction of sp³-hybridized carbons (Fsp3) is 0.548. The van der Waals surface area contributed by atoms with E-state index in [9.17, 15) is 0 Å². The lowest BCUT2D eigenvalue weighted by Gasteiger charge is -2.34. The van der Waals surface area contributed by atoms with Gasteiger partial charge in [-0.2, -0.15) is 0 Å². The van der Waals surface area contributed by atoms with Gasteiger partial charge in [0, 0.05) is 66.2 Å². The largest absolute Gasteiger partial charge is 0.354 e. The number of pyridine rings is 2. The number of piperazine rings is 1. The van der Waals surface area contributed by atoms with E-state index < -0.39 is 0 Å². The maximum Gasteiger partial charge on any atom is 0.136 e. The quantitative estimate of drug-likeness (QED) is 0.215. The van der Waals surface area contributed by atoms with Crippen molar-refractivity contribution in [1.82, 2.24) is 14.9 Å². The third-order valence-electron chi connectivity index (χ3n) is 12.6. The Balaban J connectivity index is 1.03. The summed E-state index contributed by atoms with van der Waals surface area (Å²) >= 11 is 6.75. The summed E-state index contributed by atoms with van der Waals surface area (Å²) in [5.41, 5.74) is 9.33. The Kier molecular flexibility index (Phi) is 8.41. The van der Waals surface area contributed by atoms with Gasteiger partial charge in [0.15, 0.2) is 0 Å². The van der Waals surface area contributed by atoms with Crippen LogP contribution in [0.1, 0.15) is 94.0 Å². The van der Waals surface area contributed by atoms with Crippen LogP contribution >= 0.6 is 11.6 Å². The number of likely N-dealkylation sites (N-methyl/N-ethyl adjacent to an activating group) is 1. The summed E-state index contributed by atoms with van der Waals surface area (Å²) in [6.45, 7) is 11.8. The summed E-state index contributed by atoms with van der Waals surface area (Å²) < 4.78 is 0. The molecule has 2 aromatic heterocycles. The first-order valence-electron chi connectivity index (χ1n) is 18.6. The third-order valence-corrected chi connectivity index (χ3v) is 12.9. The van der Waals surface area contributed by atoms with Gasteiger partial charge in [-0.05, 0) is 123 Å². The lowest BCUT2D eigenvalue weighted by molar-refractivity contribution is 0.218. The van der Waals surface area contributed by atoms with E-state index in [0.29, 0.717) is 11.3 Å². The van der Waals surface area contributed by atoms with Gasteiger partial charge in [-0.25, -0.2) is 4.98 Å². The van der Waals surface area contributed by atoms with Crippen molar-refractivity contribution >= 4 is 33.9 Å². The molecule has 4 heterocycles. The van der Waals surface area contributed by atoms with E-state index in [4.69, 9.17) is 21.6 Å². The summed E-state index contributed by atoms with van der Waals surface area (Å²) in [4.78, 5) is 19.6. The van der Waals surface area contributed by atoms with Crippen molar-refractivity contribution in [3.63, 3.8) is 0 Å². The SMILES string of the molecule is CCCc1cc2ccc(C#CC34CCC(CC)(CCC5=C(C6CC6)CN=C5c5c(C)cncc5Cl)C3C4)cc2c(N2CCN(C)CC2)n1. The standard InChI is InChI=1S/C42H50ClN5/c1-5-7-32-23-31-9-8-29(22-34(31)40(46-32)48-20-18-47(4)19-21-48)12-14-42-17-16-41(6-2,37(42)24-42)15-13-33-35(30-10-11-30)26-45-39(33)38-28(3)25-44-27-36(38)43/h8-9,22-23,25,27,30,37H,5-7,10-11,13,15-21,24,26H2,1-4H3. The Morgan fingerprint density at radius 3 is 2.58 bits per heavy atom. The molecule has 1 aromatic carbocycles. The minimum Gasteiger partial charge on any atom is -0.354 e. The fourth-order valence-corrected chi connectivity index (χ4v) is 9.66. The molecule has 3 unspecified atom stereocenters. The van der Waals surface area contributed by atoms with E-state index in [1.807, 2.05) is 6.20 Å². The van der Waals surface area contributed by atoms with E-state index in [0.717, 1.165) is 91.1 Å². The highest BCUT2D eigenvalue weighted by atomic mass is 35.5. The molecule has 3 aliphatic carbocycles. The van der Waals surface area contributed by atoms with Gasteiger partial charge in [-0.1, -0.05) is 56.2 Å². The van der Waals surface area contributed by atoms with Crippen molar-refractivity contribution in [2.24, 2.45) is 27.7 Å². The molecule has 0 bridgehead atoms. The molecule has 5 nitrogen and oxygen atoms in total. The summed E-state index contributed by atoms with van der Waals surface area (Å²) in [6, 6.07) is 9.16. The van der Waals surface area contributed by atoms with Crippen molar-refractivity contribution in [2.75, 3.05) is 44.7 Å². The Morgan fingerprint density at radius 2 is 1.85 bits per heavy atom. The van der Waals surface area contributed by atoms with Crippen LogP contribution in [-0.4, -0.2) is 60.4 Å². The molecule has 0 radical (unpaired) electrons. The predicted octanol–water partition coefficient (Wildman–Crippen LogP) is 8.83. The van der Waals surface area contributed by atoms with Crippen molar-refractivity contribution in [3.8, 4) is 11.8 Å². The normalized spacial score (nSPS) is 26.9. The van der Waals surface area contributed by atoms with Crippen molar-refractivity contribution in [3.05, 3.63) is 75.2 Å². The Hall–Kier alpha value is -3.20. The van der Waals surface area contributed by atoms with Crippen LogP contribution in [0.3, 0.4) is 0 Å². The van der Waals surface area contributed by atoms with Gasteiger partial charge in [0.2, 0.25) is 0 Å². The number of aromatic nitrogens is 2. The number of fused-ring (bicyclic) bond motifs is 2. The predicted molar refractivity (Wildman–Crippen MR) is 199 cm³/mol. The number of rotatable bonds is 9. The molecule has 0 N–H and O–H groups in total. The molecule has 3 aromatic rings. The summed E-state index contributed by atoms with van der Waals surface area (Å²) in [7, 11) is 2.22. The molecule has 1 saturated heterocycles. The van der Waals surface area contributed by atoms with Crippen LogP contribution in [0.25, 0.3) is 10.8 Å². The Morgan fingerprint density at radius 1 is 1.02 bits per heavy atom. The number of hydrogen-bond donors (Lipinski definition) is 0. The van der Waals surface area contributed by atoms with Crippen LogP contribution in [0.15, 0.2) is 52.8 Å². The summed E-state index contributed by atoms with van der Waals surface area (Å²) in [5, 5.41) is 3.27. The molecule has 250 valence electrons. The number of nitrogens with zero attached hydrogens (tertiary/aromatic N) is 5. The van der Waals surface area contributed by atoms with Crippen LogP contribution in [0, 0.1) is 41.4 Å². The number of aryl methyl sites for hydroxylation is 2. The molecule has 48 heavy (non-hydrogen) atoms. The first-order valence-corrected chi connectivity index (χ1v) is 19.0. The second-order valence-corrected chi connectivity index (χ2v) is 16.0. The molecular weight excluding hydrogens is 610 g/mol. The van der Waals surface area contributed by atoms with Crippen molar-refractivity contribution in [1.29, 1.82) is 0 Å². The number of allylic oxidation sites excluding steroid dienone is 1. The number of halogens is 1. The van der Waals surface area contributed by atoms with Crippen molar-refractivity contribution < 1.29 is 0 Å². The van der Waals surface area contributed by atoms with Gasteiger partial charge in [0.05, 0.1) is 17.3 Å². The van der Waals surface area contributed by atoms with Gasteiger partial charge in [0.25, 0.3) is 0 Å². The average molecular weight is 660 g/mol. The highest BCUT2D eigenvalue weighted by Crippen LogP contribution is 2.73. The van der Waals surface area contributed by atoms with Gasteiger partial charge in [-0.15, -0.1) is 0 Å². The van der Waals surface area contributed by atoms with Crippen LogP contribution in [-0.2, 0) is 6.42 Å². The molecule has 3 saturated carbocycles. The zero-order valence-corrected chi connectivity index (χ0v) is 30.1. The molecule has 8 rings (SSSR count). The van der Waals surface area contributed by atoms with Gasteiger partial charge < -0.3 is 9.80 Å². The van der Waals surface area contributed by atoms with E-state index in [1.165, 1.54) is 67.0 Å². The molecule has 3 atom stereocenters.